The third-order valence-electron chi connectivity index (χ3n) is 13.2. The molecule has 2 aliphatic rings. The number of rotatable bonds is 48. The second-order valence-corrected chi connectivity index (χ2v) is 19.6. The van der Waals surface area contributed by atoms with Gasteiger partial charge in [0.1, 0.15) is 62.0 Å². The second kappa shape index (κ2) is 46.0. The van der Waals surface area contributed by atoms with Crippen LogP contribution in [0.3, 0.4) is 0 Å². The first-order valence-electron chi connectivity index (χ1n) is 28.6. The minimum Gasteiger partial charge on any atom is -0.463 e. The van der Waals surface area contributed by atoms with Crippen molar-refractivity contribution >= 4 is 11.9 Å². The van der Waals surface area contributed by atoms with Crippen molar-refractivity contribution in [2.45, 2.75) is 255 Å². The molecular formula is C56H102O17. The van der Waals surface area contributed by atoms with E-state index in [-0.39, 0.29) is 78.9 Å². The van der Waals surface area contributed by atoms with Crippen molar-refractivity contribution in [1.29, 1.82) is 0 Å². The summed E-state index contributed by atoms with van der Waals surface area (Å²) < 4.78 is 49.6. The van der Waals surface area contributed by atoms with Gasteiger partial charge >= 0.3 is 11.9 Å². The summed E-state index contributed by atoms with van der Waals surface area (Å²) in [6, 6.07) is 0. The fourth-order valence-electron chi connectivity index (χ4n) is 8.55. The monoisotopic (exact) mass is 1050 g/mol. The number of unbranched alkanes of at least 4 members (excludes halogenated alkanes) is 22. The van der Waals surface area contributed by atoms with Crippen LogP contribution in [0.2, 0.25) is 0 Å². The van der Waals surface area contributed by atoms with Crippen molar-refractivity contribution in [3.8, 4) is 0 Å². The molecule has 0 aliphatic carbocycles. The average Bonchev–Trinajstić information content (AvgIpc) is 3.39. The molecule has 2 heterocycles. The van der Waals surface area contributed by atoms with E-state index in [0.717, 1.165) is 77.0 Å². The van der Waals surface area contributed by atoms with Crippen LogP contribution >= 0.6 is 0 Å². The van der Waals surface area contributed by atoms with Crippen LogP contribution in [0.5, 0.6) is 0 Å². The van der Waals surface area contributed by atoms with Crippen LogP contribution < -0.4 is 0 Å². The number of esters is 2. The highest BCUT2D eigenvalue weighted by Gasteiger charge is 2.46. The highest BCUT2D eigenvalue weighted by atomic mass is 16.7. The predicted octanol–water partition coefficient (Wildman–Crippen LogP) is 7.85. The van der Waals surface area contributed by atoms with Crippen molar-refractivity contribution in [2.75, 3.05) is 66.1 Å². The molecule has 0 amide bonds. The van der Waals surface area contributed by atoms with E-state index in [0.29, 0.717) is 12.8 Å². The number of aliphatic hydroxyl groups excluding tert-OH is 6. The summed E-state index contributed by atoms with van der Waals surface area (Å²) in [5.41, 5.74) is 0. The average molecular weight is 1050 g/mol. The first kappa shape index (κ1) is 67.0. The molecule has 17 nitrogen and oxygen atoms in total. The van der Waals surface area contributed by atoms with E-state index >= 15 is 0 Å². The molecule has 0 aromatic carbocycles. The highest BCUT2D eigenvalue weighted by Crippen LogP contribution is 2.24. The molecular weight excluding hydrogens is 945 g/mol. The van der Waals surface area contributed by atoms with Crippen LogP contribution in [-0.2, 0) is 52.2 Å². The third-order valence-corrected chi connectivity index (χ3v) is 13.2. The molecule has 6 N–H and O–H groups in total. The molecule has 2 rings (SSSR count). The lowest BCUT2D eigenvalue weighted by molar-refractivity contribution is -0.303. The molecule has 2 aliphatic heterocycles. The number of hydrogen-bond acceptors (Lipinski definition) is 17. The number of ether oxygens (including phenoxy) is 9. The van der Waals surface area contributed by atoms with Gasteiger partial charge in [0, 0.05) is 12.8 Å². The first-order valence-corrected chi connectivity index (χ1v) is 28.6. The maximum Gasteiger partial charge on any atom is 0.305 e. The summed E-state index contributed by atoms with van der Waals surface area (Å²) in [4.78, 5) is 24.7. The van der Waals surface area contributed by atoms with Crippen molar-refractivity contribution in [1.82, 2.24) is 0 Å². The Bertz CT molecular complexity index is 1260. The molecule has 2 fully saturated rings. The highest BCUT2D eigenvalue weighted by molar-refractivity contribution is 5.69. The van der Waals surface area contributed by atoms with E-state index in [1.54, 1.807) is 0 Å². The molecule has 0 aromatic heterocycles. The summed E-state index contributed by atoms with van der Waals surface area (Å²) >= 11 is 0. The molecule has 2 saturated heterocycles. The Morgan fingerprint density at radius 1 is 0.370 bits per heavy atom. The van der Waals surface area contributed by atoms with Crippen LogP contribution in [0.1, 0.15) is 194 Å². The molecule has 0 radical (unpaired) electrons. The van der Waals surface area contributed by atoms with Gasteiger partial charge in [0.25, 0.3) is 0 Å². The van der Waals surface area contributed by atoms with Gasteiger partial charge in [0.2, 0.25) is 0 Å². The third kappa shape index (κ3) is 33.6. The molecule has 428 valence electrons. The van der Waals surface area contributed by atoms with Crippen molar-refractivity contribution < 1.29 is 82.9 Å². The topological polar surface area (TPSA) is 239 Å². The Labute approximate surface area is 439 Å². The predicted molar refractivity (Wildman–Crippen MR) is 279 cm³/mol. The van der Waals surface area contributed by atoms with Crippen LogP contribution in [0.4, 0.5) is 0 Å². The van der Waals surface area contributed by atoms with Crippen molar-refractivity contribution in [3.63, 3.8) is 0 Å². The zero-order valence-corrected chi connectivity index (χ0v) is 45.1. The lowest BCUT2D eigenvalue weighted by atomic mass is 9.99. The zero-order valence-electron chi connectivity index (χ0n) is 45.1. The zero-order chi connectivity index (χ0) is 53.0. The quantitative estimate of drug-likeness (QED) is 0.0193. The maximum absolute atomic E-state index is 12.4. The fourth-order valence-corrected chi connectivity index (χ4v) is 8.55. The summed E-state index contributed by atoms with van der Waals surface area (Å²) in [6.07, 6.45) is 26.1. The van der Waals surface area contributed by atoms with Crippen LogP contribution in [0, 0.1) is 0 Å². The van der Waals surface area contributed by atoms with Gasteiger partial charge in [-0.25, -0.2) is 0 Å². The van der Waals surface area contributed by atoms with Gasteiger partial charge in [-0.05, 0) is 64.2 Å². The molecule has 0 saturated carbocycles. The summed E-state index contributed by atoms with van der Waals surface area (Å²) in [6.45, 7) is 5.15. The molecule has 0 bridgehead atoms. The Morgan fingerprint density at radius 3 is 0.986 bits per heavy atom. The van der Waals surface area contributed by atoms with Gasteiger partial charge in [-0.2, -0.15) is 0 Å². The van der Waals surface area contributed by atoms with Gasteiger partial charge in [-0.15, -0.1) is 0 Å². The van der Waals surface area contributed by atoms with Gasteiger partial charge in [-0.3, -0.25) is 9.59 Å². The SMILES string of the molecule is CCCCCCCC/C=C\CCCCCCCC(=O)OC[C@H]1O[C@@H](OCCOCCOCCOCCO[C@@H]2O[C@H](COC(=O)CCCCCCC/C=C\CCCCCCCC)[C@@H](O)[C@H](O)[C@H]2O)[C@H](O)[C@@H](O)[C@@H]1O. The van der Waals surface area contributed by atoms with Gasteiger partial charge in [0.05, 0.1) is 52.9 Å². The maximum atomic E-state index is 12.4. The number of carbonyl (C=O) groups excluding carboxylic acids is 2. The number of aliphatic hydroxyl groups is 6. The Morgan fingerprint density at radius 2 is 0.658 bits per heavy atom. The van der Waals surface area contributed by atoms with E-state index < -0.39 is 73.4 Å². The summed E-state index contributed by atoms with van der Waals surface area (Å²) in [5.74, 6) is -0.829. The molecule has 0 unspecified atom stereocenters. The standard InChI is InChI=1S/C56H102O17/c1-3-5-7-9-11-13-15-17-19-21-23-25-27-29-31-33-47(57)70-43-45-49(59)51(61)53(63)55(72-45)68-41-39-66-37-35-65-36-38-67-40-42-69-56-54(64)52(62)50(60)46(73-56)44-71-48(58)34-32-30-28-26-24-22-20-18-16-14-12-10-8-6-4-2/h17-20,45-46,49-56,59-64H,3-16,21-44H2,1-2H3/b19-17-,20-18-/t45-,46-,49-,50-,51+,52+,53-,54-,55-,56-/m1/s1. The minimum absolute atomic E-state index is 0.00901. The molecule has 17 heteroatoms. The van der Waals surface area contributed by atoms with E-state index in [9.17, 15) is 40.2 Å². The Hall–Kier alpha value is -2.10. The molecule has 10 atom stereocenters. The van der Waals surface area contributed by atoms with E-state index in [1.807, 2.05) is 0 Å². The lowest BCUT2D eigenvalue weighted by Crippen LogP contribution is -2.59. The largest absolute Gasteiger partial charge is 0.463 e. The van der Waals surface area contributed by atoms with Crippen LogP contribution in [0.15, 0.2) is 24.3 Å². The van der Waals surface area contributed by atoms with Crippen LogP contribution in [-0.4, -0.2) is 170 Å². The smallest absolute Gasteiger partial charge is 0.305 e. The lowest BCUT2D eigenvalue weighted by Gasteiger charge is -2.39. The van der Waals surface area contributed by atoms with Crippen molar-refractivity contribution in [2.24, 2.45) is 0 Å². The second-order valence-electron chi connectivity index (χ2n) is 19.6. The first-order chi connectivity index (χ1) is 35.6. The van der Waals surface area contributed by atoms with E-state index in [2.05, 4.69) is 38.2 Å². The van der Waals surface area contributed by atoms with E-state index in [4.69, 9.17) is 42.6 Å². The van der Waals surface area contributed by atoms with E-state index in [1.165, 1.54) is 77.0 Å². The number of carbonyl (C=O) groups is 2. The summed E-state index contributed by atoms with van der Waals surface area (Å²) in [5, 5.41) is 62.4. The molecule has 0 spiro atoms. The molecule has 0 aromatic rings. The Kier molecular flexibility index (Phi) is 42.3. The number of hydrogen-bond donors (Lipinski definition) is 6. The molecule has 73 heavy (non-hydrogen) atoms. The van der Waals surface area contributed by atoms with Gasteiger partial charge < -0.3 is 73.3 Å². The Balaban J connectivity index is 1.45. The van der Waals surface area contributed by atoms with Gasteiger partial charge in [0.15, 0.2) is 12.6 Å². The summed E-state index contributed by atoms with van der Waals surface area (Å²) in [7, 11) is 0. The number of allylic oxidation sites excluding steroid dienone is 4. The normalized spacial score (nSPS) is 24.5. The fraction of sp³-hybridized carbons (Fsp3) is 0.893. The van der Waals surface area contributed by atoms with Crippen molar-refractivity contribution in [3.05, 3.63) is 24.3 Å². The minimum atomic E-state index is -1.56. The van der Waals surface area contributed by atoms with Crippen LogP contribution in [0.25, 0.3) is 0 Å². The van der Waals surface area contributed by atoms with Gasteiger partial charge in [-0.1, -0.05) is 141 Å².